The summed E-state index contributed by atoms with van der Waals surface area (Å²) in [6.45, 7) is 15.7. The van der Waals surface area contributed by atoms with Crippen LogP contribution in [-0.4, -0.2) is 25.2 Å². The molecule has 1 aliphatic heterocycles. The Morgan fingerprint density at radius 2 is 1.56 bits per heavy atom. The van der Waals surface area contributed by atoms with Gasteiger partial charge in [0.2, 0.25) is 0 Å². The van der Waals surface area contributed by atoms with E-state index in [9.17, 15) is 0 Å². The number of piperidine rings is 1. The molecule has 3 rings (SSSR count). The van der Waals surface area contributed by atoms with Crippen LogP contribution in [0.4, 0.5) is 0 Å². The van der Waals surface area contributed by atoms with Gasteiger partial charge in [0.25, 0.3) is 0 Å². The van der Waals surface area contributed by atoms with Crippen molar-refractivity contribution >= 4 is 11.3 Å². The van der Waals surface area contributed by atoms with Crippen LogP contribution in [0.5, 0.6) is 5.75 Å². The number of hydrogen-bond donors (Lipinski definition) is 1. The van der Waals surface area contributed by atoms with Gasteiger partial charge in [0, 0.05) is 27.8 Å². The Hall–Kier alpha value is -1.39. The van der Waals surface area contributed by atoms with Gasteiger partial charge in [-0.05, 0) is 54.8 Å². The molecule has 2 aromatic rings. The van der Waals surface area contributed by atoms with Crippen molar-refractivity contribution < 1.29 is 4.74 Å². The van der Waals surface area contributed by atoms with E-state index in [1.54, 1.807) is 7.11 Å². The summed E-state index contributed by atoms with van der Waals surface area (Å²) in [5.41, 5.74) is 3.75. The van der Waals surface area contributed by atoms with Gasteiger partial charge < -0.3 is 10.1 Å². The summed E-state index contributed by atoms with van der Waals surface area (Å²) < 4.78 is 5.90. The Morgan fingerprint density at radius 1 is 1.00 bits per heavy atom. The maximum atomic E-state index is 5.90. The molecule has 0 atom stereocenters. The second-order valence-corrected chi connectivity index (χ2v) is 10.8. The number of nitrogens with one attached hydrogen (secondary N) is 1. The Balaban J connectivity index is 2.09. The van der Waals surface area contributed by atoms with Crippen molar-refractivity contribution in [3.63, 3.8) is 0 Å². The normalized spacial score (nSPS) is 16.6. The first-order chi connectivity index (χ1) is 12.6. The molecule has 148 valence electrons. The standard InChI is InChI=1S/C23H34N2OS/c1-22(2,3)17-12-16(13-18(20(17)26-7)23(4,5)6)21-25-14-19(27-21)15-8-10-24-11-9-15/h12-15,24H,8-11H2,1-7H3. The molecule has 1 N–H and O–H groups in total. The lowest BCUT2D eigenvalue weighted by Crippen LogP contribution is -2.26. The number of rotatable bonds is 3. The van der Waals surface area contributed by atoms with Crippen LogP contribution in [-0.2, 0) is 10.8 Å². The Labute approximate surface area is 168 Å². The molecule has 2 heterocycles. The van der Waals surface area contributed by atoms with E-state index in [0.29, 0.717) is 5.92 Å². The average Bonchev–Trinajstić information content (AvgIpc) is 3.10. The lowest BCUT2D eigenvalue weighted by molar-refractivity contribution is 0.381. The third kappa shape index (κ3) is 4.38. The van der Waals surface area contributed by atoms with Gasteiger partial charge in [0.1, 0.15) is 10.8 Å². The smallest absolute Gasteiger partial charge is 0.126 e. The minimum absolute atomic E-state index is 0.0104. The predicted molar refractivity (Wildman–Crippen MR) is 116 cm³/mol. The molecule has 1 aliphatic rings. The van der Waals surface area contributed by atoms with Crippen LogP contribution < -0.4 is 10.1 Å². The molecule has 27 heavy (non-hydrogen) atoms. The fourth-order valence-corrected chi connectivity index (χ4v) is 4.87. The molecule has 4 heteroatoms. The van der Waals surface area contributed by atoms with Crippen molar-refractivity contribution in [2.24, 2.45) is 0 Å². The lowest BCUT2D eigenvalue weighted by Gasteiger charge is -2.29. The van der Waals surface area contributed by atoms with Crippen LogP contribution in [0.2, 0.25) is 0 Å². The number of hydrogen-bond acceptors (Lipinski definition) is 4. The van der Waals surface area contributed by atoms with Crippen LogP contribution in [0, 0.1) is 0 Å². The molecule has 0 unspecified atom stereocenters. The third-order valence-corrected chi connectivity index (χ3v) is 6.63. The van der Waals surface area contributed by atoms with Gasteiger partial charge in [-0.1, -0.05) is 41.5 Å². The minimum atomic E-state index is 0.0104. The summed E-state index contributed by atoms with van der Waals surface area (Å²) in [5.74, 6) is 1.67. The molecule has 0 amide bonds. The molecule has 1 saturated heterocycles. The first-order valence-corrected chi connectivity index (χ1v) is 10.8. The summed E-state index contributed by atoms with van der Waals surface area (Å²) in [6, 6.07) is 4.58. The first-order valence-electron chi connectivity index (χ1n) is 10.0. The second kappa shape index (κ2) is 7.56. The van der Waals surface area contributed by atoms with E-state index in [1.807, 2.05) is 11.3 Å². The predicted octanol–water partition coefficient (Wildman–Crippen LogP) is 5.88. The minimum Gasteiger partial charge on any atom is -0.496 e. The van der Waals surface area contributed by atoms with Crippen molar-refractivity contribution in [1.82, 2.24) is 10.3 Å². The van der Waals surface area contributed by atoms with E-state index >= 15 is 0 Å². The average molecular weight is 387 g/mol. The highest BCUT2D eigenvalue weighted by atomic mass is 32.1. The number of methoxy groups -OCH3 is 1. The monoisotopic (exact) mass is 386 g/mol. The van der Waals surface area contributed by atoms with Gasteiger partial charge in [0.05, 0.1) is 7.11 Å². The van der Waals surface area contributed by atoms with E-state index in [2.05, 4.69) is 65.2 Å². The van der Waals surface area contributed by atoms with Gasteiger partial charge in [-0.25, -0.2) is 4.98 Å². The van der Waals surface area contributed by atoms with Gasteiger partial charge >= 0.3 is 0 Å². The maximum absolute atomic E-state index is 5.90. The van der Waals surface area contributed by atoms with Crippen molar-refractivity contribution in [1.29, 1.82) is 0 Å². The summed E-state index contributed by atoms with van der Waals surface area (Å²) in [6.07, 6.45) is 4.53. The first kappa shape index (κ1) is 20.3. The van der Waals surface area contributed by atoms with Crippen molar-refractivity contribution in [3.8, 4) is 16.3 Å². The van der Waals surface area contributed by atoms with Crippen LogP contribution in [0.3, 0.4) is 0 Å². The lowest BCUT2D eigenvalue weighted by atomic mass is 9.78. The fraction of sp³-hybridized carbons (Fsp3) is 0.609. The largest absolute Gasteiger partial charge is 0.496 e. The summed E-state index contributed by atoms with van der Waals surface area (Å²) in [7, 11) is 1.79. The number of aromatic nitrogens is 1. The summed E-state index contributed by atoms with van der Waals surface area (Å²) in [4.78, 5) is 6.25. The Kier molecular flexibility index (Phi) is 5.69. The fourth-order valence-electron chi connectivity index (χ4n) is 3.80. The van der Waals surface area contributed by atoms with E-state index in [0.717, 1.165) is 23.8 Å². The highest BCUT2D eigenvalue weighted by molar-refractivity contribution is 7.15. The molecular formula is C23H34N2OS. The number of benzene rings is 1. The molecule has 0 bridgehead atoms. The van der Waals surface area contributed by atoms with Crippen molar-refractivity contribution in [3.05, 3.63) is 34.3 Å². The SMILES string of the molecule is COc1c(C(C)(C)C)cc(-c2ncc(C3CCNCC3)s2)cc1C(C)(C)C. The van der Waals surface area contributed by atoms with Gasteiger partial charge in [-0.2, -0.15) is 0 Å². The zero-order valence-corrected chi connectivity index (χ0v) is 18.7. The highest BCUT2D eigenvalue weighted by Gasteiger charge is 2.28. The molecule has 1 fully saturated rings. The molecule has 0 saturated carbocycles. The molecule has 3 nitrogen and oxygen atoms in total. The summed E-state index contributed by atoms with van der Waals surface area (Å²) in [5, 5.41) is 4.58. The Morgan fingerprint density at radius 3 is 2.04 bits per heavy atom. The van der Waals surface area contributed by atoms with Gasteiger partial charge in [-0.15, -0.1) is 11.3 Å². The molecular weight excluding hydrogens is 352 g/mol. The number of ether oxygens (including phenoxy) is 1. The third-order valence-electron chi connectivity index (χ3n) is 5.42. The van der Waals surface area contributed by atoms with E-state index in [-0.39, 0.29) is 10.8 Å². The van der Waals surface area contributed by atoms with Crippen LogP contribution in [0.15, 0.2) is 18.3 Å². The highest BCUT2D eigenvalue weighted by Crippen LogP contribution is 2.43. The van der Waals surface area contributed by atoms with Crippen LogP contribution >= 0.6 is 11.3 Å². The zero-order valence-electron chi connectivity index (χ0n) is 17.9. The van der Waals surface area contributed by atoms with Gasteiger partial charge in [0.15, 0.2) is 0 Å². The van der Waals surface area contributed by atoms with E-state index < -0.39 is 0 Å². The van der Waals surface area contributed by atoms with Crippen LogP contribution in [0.1, 0.15) is 76.3 Å². The Bertz CT molecular complexity index is 754. The summed E-state index contributed by atoms with van der Waals surface area (Å²) >= 11 is 1.86. The molecule has 0 spiro atoms. The van der Waals surface area contributed by atoms with Crippen molar-refractivity contribution in [2.75, 3.05) is 20.2 Å². The topological polar surface area (TPSA) is 34.1 Å². The maximum Gasteiger partial charge on any atom is 0.126 e. The van der Waals surface area contributed by atoms with E-state index in [1.165, 1.54) is 34.4 Å². The zero-order chi connectivity index (χ0) is 19.8. The molecule has 0 radical (unpaired) electrons. The molecule has 0 aliphatic carbocycles. The van der Waals surface area contributed by atoms with E-state index in [4.69, 9.17) is 9.72 Å². The quantitative estimate of drug-likeness (QED) is 0.715. The van der Waals surface area contributed by atoms with Crippen LogP contribution in [0.25, 0.3) is 10.6 Å². The molecule has 1 aromatic carbocycles. The second-order valence-electron chi connectivity index (χ2n) is 9.70. The number of thiazole rings is 1. The number of nitrogens with zero attached hydrogens (tertiary/aromatic N) is 1. The van der Waals surface area contributed by atoms with Gasteiger partial charge in [-0.3, -0.25) is 0 Å². The van der Waals surface area contributed by atoms with Crippen molar-refractivity contribution in [2.45, 2.75) is 71.1 Å². The molecule has 1 aromatic heterocycles.